The normalized spacial score (nSPS) is 10.1. The van der Waals surface area contributed by atoms with E-state index in [9.17, 15) is 9.59 Å². The average molecular weight is 383 g/mol. The molecule has 7 heteroatoms. The summed E-state index contributed by atoms with van der Waals surface area (Å²) in [6, 6.07) is 10.9. The fourth-order valence-corrected chi connectivity index (χ4v) is 3.07. The van der Waals surface area contributed by atoms with Gasteiger partial charge in [-0.3, -0.25) is 0 Å². The molecule has 0 spiro atoms. The van der Waals surface area contributed by atoms with Crippen LogP contribution in [0.5, 0.6) is 5.88 Å². The van der Waals surface area contributed by atoms with Crippen LogP contribution in [0.4, 0.5) is 9.59 Å². The second kappa shape index (κ2) is 8.43. The summed E-state index contributed by atoms with van der Waals surface area (Å²) >= 11 is 1.49. The van der Waals surface area contributed by atoms with Gasteiger partial charge in [-0.05, 0) is 31.4 Å². The van der Waals surface area contributed by atoms with Crippen LogP contribution in [0.2, 0.25) is 0 Å². The molecule has 0 fully saturated rings. The minimum Gasteiger partial charge on any atom is -0.449 e. The van der Waals surface area contributed by atoms with Crippen molar-refractivity contribution in [2.75, 3.05) is 13.2 Å². The van der Waals surface area contributed by atoms with E-state index in [4.69, 9.17) is 14.2 Å². The van der Waals surface area contributed by atoms with Crippen molar-refractivity contribution in [1.29, 1.82) is 0 Å². The van der Waals surface area contributed by atoms with Crippen LogP contribution >= 0.6 is 11.3 Å². The largest absolute Gasteiger partial charge is 0.515 e. The Labute approximate surface area is 160 Å². The summed E-state index contributed by atoms with van der Waals surface area (Å²) in [5.74, 6) is 6.04. The zero-order valence-electron chi connectivity index (χ0n) is 14.9. The third-order valence-electron chi connectivity index (χ3n) is 3.56. The number of carbonyl (C=O) groups is 2. The highest BCUT2D eigenvalue weighted by Crippen LogP contribution is 2.32. The molecule has 0 atom stereocenters. The maximum absolute atomic E-state index is 12.5. The number of ether oxygens (including phenoxy) is 3. The molecule has 1 aromatic carbocycles. The van der Waals surface area contributed by atoms with Crippen molar-refractivity contribution in [1.82, 2.24) is 4.57 Å². The Morgan fingerprint density at radius 1 is 1.04 bits per heavy atom. The first-order valence-corrected chi connectivity index (χ1v) is 9.24. The number of fused-ring (bicyclic) bond motifs is 1. The highest BCUT2D eigenvalue weighted by molar-refractivity contribution is 7.10. The summed E-state index contributed by atoms with van der Waals surface area (Å²) in [5.41, 5.74) is 0.950. The second-order valence-corrected chi connectivity index (χ2v) is 6.19. The Morgan fingerprint density at radius 3 is 2.52 bits per heavy atom. The van der Waals surface area contributed by atoms with Gasteiger partial charge < -0.3 is 14.2 Å². The first-order chi connectivity index (χ1) is 13.2. The van der Waals surface area contributed by atoms with Crippen LogP contribution in [-0.2, 0) is 9.47 Å². The molecule has 0 unspecified atom stereocenters. The molecule has 0 aliphatic carbocycles. The fraction of sp³-hybridized carbons (Fsp3) is 0.200. The Morgan fingerprint density at radius 2 is 1.81 bits per heavy atom. The molecule has 0 aliphatic heterocycles. The number of thiophene rings is 1. The van der Waals surface area contributed by atoms with Gasteiger partial charge in [-0.15, -0.1) is 11.3 Å². The van der Waals surface area contributed by atoms with Crippen molar-refractivity contribution in [3.8, 4) is 17.7 Å². The van der Waals surface area contributed by atoms with Crippen LogP contribution in [0.1, 0.15) is 24.3 Å². The minimum atomic E-state index is -0.912. The van der Waals surface area contributed by atoms with E-state index in [2.05, 4.69) is 11.8 Å². The summed E-state index contributed by atoms with van der Waals surface area (Å²) in [6.45, 7) is 3.70. The van der Waals surface area contributed by atoms with Gasteiger partial charge in [0.15, 0.2) is 0 Å². The summed E-state index contributed by atoms with van der Waals surface area (Å²) in [4.78, 5) is 25.3. The molecular weight excluding hydrogens is 366 g/mol. The van der Waals surface area contributed by atoms with Crippen molar-refractivity contribution in [2.45, 2.75) is 13.8 Å². The van der Waals surface area contributed by atoms with Crippen molar-refractivity contribution < 1.29 is 23.8 Å². The van der Waals surface area contributed by atoms with E-state index in [0.717, 1.165) is 4.88 Å². The number of carbonyl (C=O) groups excluding carboxylic acids is 2. The smallest absolute Gasteiger partial charge is 0.449 e. The molecule has 0 aliphatic rings. The molecule has 0 saturated carbocycles. The number of nitrogens with zero attached hydrogens (tertiary/aromatic N) is 1. The van der Waals surface area contributed by atoms with E-state index >= 15 is 0 Å². The molecule has 2 aromatic heterocycles. The SMILES string of the molecule is CCOC(=O)Oc1c(C#Cc2cccs2)c2ccccc2n1C(=O)OCC. The van der Waals surface area contributed by atoms with Crippen LogP contribution in [0.3, 0.4) is 0 Å². The number of hydrogen-bond acceptors (Lipinski definition) is 6. The number of rotatable bonds is 3. The van der Waals surface area contributed by atoms with E-state index in [1.165, 1.54) is 15.9 Å². The van der Waals surface area contributed by atoms with Crippen molar-refractivity contribution in [3.05, 3.63) is 52.2 Å². The molecule has 138 valence electrons. The molecule has 3 rings (SSSR count). The molecule has 0 radical (unpaired) electrons. The molecule has 0 N–H and O–H groups in total. The molecular formula is C20H17NO5S. The summed E-state index contributed by atoms with van der Waals surface area (Å²) < 4.78 is 16.5. The Bertz CT molecular complexity index is 1020. The zero-order chi connectivity index (χ0) is 19.2. The lowest BCUT2D eigenvalue weighted by Crippen LogP contribution is -2.19. The van der Waals surface area contributed by atoms with E-state index in [1.807, 2.05) is 29.6 Å². The van der Waals surface area contributed by atoms with Crippen LogP contribution in [-0.4, -0.2) is 30.0 Å². The Kier molecular flexibility index (Phi) is 5.79. The predicted octanol–water partition coefficient (Wildman–Crippen LogP) is 4.64. The standard InChI is InChI=1S/C20H17NO5S/c1-3-24-19(22)21-17-10-6-5-9-15(17)16(12-11-14-8-7-13-27-14)18(21)26-20(23)25-4-2/h5-10,13H,3-4H2,1-2H3. The zero-order valence-corrected chi connectivity index (χ0v) is 15.7. The molecule has 6 nitrogen and oxygen atoms in total. The van der Waals surface area contributed by atoms with Crippen LogP contribution in [0, 0.1) is 11.8 Å². The van der Waals surface area contributed by atoms with E-state index in [1.54, 1.807) is 26.0 Å². The predicted molar refractivity (Wildman–Crippen MR) is 102 cm³/mol. The maximum atomic E-state index is 12.5. The van der Waals surface area contributed by atoms with Gasteiger partial charge in [0, 0.05) is 5.39 Å². The lowest BCUT2D eigenvalue weighted by atomic mass is 10.2. The second-order valence-electron chi connectivity index (χ2n) is 5.24. The van der Waals surface area contributed by atoms with Gasteiger partial charge >= 0.3 is 12.2 Å². The van der Waals surface area contributed by atoms with Gasteiger partial charge in [0.1, 0.15) is 0 Å². The Hall–Kier alpha value is -3.24. The molecule has 27 heavy (non-hydrogen) atoms. The fourth-order valence-electron chi connectivity index (χ4n) is 2.50. The van der Waals surface area contributed by atoms with Gasteiger partial charge in [0.25, 0.3) is 0 Å². The van der Waals surface area contributed by atoms with Crippen molar-refractivity contribution >= 4 is 34.5 Å². The summed E-state index contributed by atoms with van der Waals surface area (Å²) in [6.07, 6.45) is -1.57. The van der Waals surface area contributed by atoms with Crippen LogP contribution < -0.4 is 4.74 Å². The van der Waals surface area contributed by atoms with E-state index in [-0.39, 0.29) is 19.1 Å². The lowest BCUT2D eigenvalue weighted by molar-refractivity contribution is 0.100. The van der Waals surface area contributed by atoms with E-state index in [0.29, 0.717) is 16.5 Å². The van der Waals surface area contributed by atoms with Crippen LogP contribution in [0.15, 0.2) is 41.8 Å². The number of para-hydroxylation sites is 1. The molecule has 0 amide bonds. The van der Waals surface area contributed by atoms with Gasteiger partial charge in [-0.1, -0.05) is 36.1 Å². The lowest BCUT2D eigenvalue weighted by Gasteiger charge is -2.09. The maximum Gasteiger partial charge on any atom is 0.515 e. The molecule has 3 aromatic rings. The minimum absolute atomic E-state index is 0.0165. The van der Waals surface area contributed by atoms with Crippen molar-refractivity contribution in [2.24, 2.45) is 0 Å². The van der Waals surface area contributed by atoms with Gasteiger partial charge in [0.05, 0.1) is 29.2 Å². The van der Waals surface area contributed by atoms with E-state index < -0.39 is 12.2 Å². The third kappa shape index (κ3) is 3.96. The summed E-state index contributed by atoms with van der Waals surface area (Å²) in [5, 5.41) is 2.59. The Balaban J connectivity index is 2.21. The molecule has 0 bridgehead atoms. The van der Waals surface area contributed by atoms with Crippen LogP contribution in [0.25, 0.3) is 10.9 Å². The third-order valence-corrected chi connectivity index (χ3v) is 4.34. The van der Waals surface area contributed by atoms with Gasteiger partial charge in [-0.25, -0.2) is 14.2 Å². The quantitative estimate of drug-likeness (QED) is 0.487. The first kappa shape index (κ1) is 18.5. The van der Waals surface area contributed by atoms with Gasteiger partial charge in [-0.2, -0.15) is 0 Å². The monoisotopic (exact) mass is 383 g/mol. The average Bonchev–Trinajstić information content (AvgIpc) is 3.26. The molecule has 0 saturated heterocycles. The first-order valence-electron chi connectivity index (χ1n) is 8.36. The highest BCUT2D eigenvalue weighted by Gasteiger charge is 2.25. The number of aromatic nitrogens is 1. The number of benzene rings is 1. The topological polar surface area (TPSA) is 66.8 Å². The highest BCUT2D eigenvalue weighted by atomic mass is 32.1. The summed E-state index contributed by atoms with van der Waals surface area (Å²) in [7, 11) is 0. The van der Waals surface area contributed by atoms with Gasteiger partial charge in [0.2, 0.25) is 5.88 Å². The van der Waals surface area contributed by atoms with Crippen molar-refractivity contribution in [3.63, 3.8) is 0 Å². The number of hydrogen-bond donors (Lipinski definition) is 0. The molecule has 2 heterocycles.